The van der Waals surface area contributed by atoms with Crippen molar-refractivity contribution in [2.24, 2.45) is 11.7 Å². The van der Waals surface area contributed by atoms with E-state index in [9.17, 15) is 0 Å². The molecule has 1 aliphatic rings. The van der Waals surface area contributed by atoms with Gasteiger partial charge in [0.2, 0.25) is 0 Å². The van der Waals surface area contributed by atoms with Gasteiger partial charge in [0.1, 0.15) is 0 Å². The number of likely N-dealkylation sites (tertiary alicyclic amines) is 1. The predicted octanol–water partition coefficient (Wildman–Crippen LogP) is 1.42. The van der Waals surface area contributed by atoms with E-state index in [1.54, 1.807) is 0 Å². The summed E-state index contributed by atoms with van der Waals surface area (Å²) in [5, 5.41) is 0. The molecule has 1 aliphatic heterocycles. The maximum atomic E-state index is 5.78. The van der Waals surface area contributed by atoms with Crippen molar-refractivity contribution in [3.05, 3.63) is 0 Å². The first-order chi connectivity index (χ1) is 5.04. The quantitative estimate of drug-likeness (QED) is 0.535. The first-order valence-corrected chi connectivity index (χ1v) is 4.68. The Balaban J connectivity index is 2.42. The third kappa shape index (κ3) is 2.48. The minimum absolute atomic E-state index is 0.228. The highest BCUT2D eigenvalue weighted by Gasteiger charge is 2.35. The molecule has 0 bridgehead atoms. The van der Waals surface area contributed by atoms with Gasteiger partial charge in [0.05, 0.1) is 0 Å². The number of halogens is 2. The summed E-state index contributed by atoms with van der Waals surface area (Å²) in [6.07, 6.45) is 1.01. The Kier molecular flexibility index (Phi) is 3.03. The van der Waals surface area contributed by atoms with Crippen LogP contribution in [0.2, 0.25) is 0 Å². The first kappa shape index (κ1) is 9.59. The molecule has 11 heavy (non-hydrogen) atoms. The topological polar surface area (TPSA) is 29.3 Å². The predicted molar refractivity (Wildman–Crippen MR) is 48.8 cm³/mol. The zero-order valence-electron chi connectivity index (χ0n) is 6.69. The molecule has 4 heteroatoms. The van der Waals surface area contributed by atoms with Crippen LogP contribution in [0.3, 0.4) is 0 Å². The van der Waals surface area contributed by atoms with Gasteiger partial charge in [-0.25, -0.2) is 0 Å². The lowest BCUT2D eigenvalue weighted by Gasteiger charge is -2.21. The van der Waals surface area contributed by atoms with Crippen molar-refractivity contribution in [1.82, 2.24) is 4.90 Å². The molecule has 2 N–H and O–H groups in total. The van der Waals surface area contributed by atoms with Gasteiger partial charge in [0.15, 0.2) is 4.46 Å². The molecule has 1 atom stereocenters. The van der Waals surface area contributed by atoms with Gasteiger partial charge < -0.3 is 4.90 Å². The lowest BCUT2D eigenvalue weighted by molar-refractivity contribution is 0.335. The number of hydrogen-bond acceptors (Lipinski definition) is 2. The molecule has 0 saturated carbocycles. The van der Waals surface area contributed by atoms with Crippen LogP contribution in [-0.4, -0.2) is 29.0 Å². The van der Waals surface area contributed by atoms with Crippen molar-refractivity contribution in [3.63, 3.8) is 0 Å². The van der Waals surface area contributed by atoms with E-state index in [-0.39, 0.29) is 5.92 Å². The number of nitrogens with zero attached hydrogens (tertiary/aromatic N) is 1. The minimum Gasteiger partial charge on any atom is -0.303 e. The van der Waals surface area contributed by atoms with Gasteiger partial charge in [-0.2, -0.15) is 0 Å². The molecule has 0 aromatic heterocycles. The van der Waals surface area contributed by atoms with Gasteiger partial charge in [0, 0.05) is 12.5 Å². The van der Waals surface area contributed by atoms with E-state index in [4.69, 9.17) is 28.9 Å². The zero-order chi connectivity index (χ0) is 8.48. The molecule has 0 spiro atoms. The van der Waals surface area contributed by atoms with Crippen LogP contribution in [0.25, 0.3) is 0 Å². The molecule has 0 aromatic carbocycles. The fraction of sp³-hybridized carbons (Fsp3) is 1.00. The van der Waals surface area contributed by atoms with Gasteiger partial charge in [-0.05, 0) is 19.5 Å². The van der Waals surface area contributed by atoms with Gasteiger partial charge in [-0.3, -0.25) is 5.73 Å². The van der Waals surface area contributed by atoms with Crippen LogP contribution < -0.4 is 5.73 Å². The molecule has 1 rings (SSSR count). The van der Waals surface area contributed by atoms with Crippen molar-refractivity contribution >= 4 is 23.2 Å². The number of hydrogen-bond donors (Lipinski definition) is 1. The fourth-order valence-electron chi connectivity index (χ4n) is 1.43. The second-order valence-corrected chi connectivity index (χ2v) is 4.50. The molecular formula is C7H14Cl2N2. The molecule has 0 aliphatic carbocycles. The molecule has 2 nitrogen and oxygen atoms in total. The largest absolute Gasteiger partial charge is 0.303 e. The van der Waals surface area contributed by atoms with Crippen molar-refractivity contribution in [1.29, 1.82) is 0 Å². The van der Waals surface area contributed by atoms with E-state index in [1.165, 1.54) is 0 Å². The van der Waals surface area contributed by atoms with Crippen LogP contribution in [0, 0.1) is 5.92 Å². The molecule has 0 aromatic rings. The van der Waals surface area contributed by atoms with E-state index in [2.05, 4.69) is 11.8 Å². The molecular weight excluding hydrogens is 183 g/mol. The maximum absolute atomic E-state index is 5.78. The molecule has 66 valence electrons. The Morgan fingerprint density at radius 3 is 2.55 bits per heavy atom. The third-order valence-electron chi connectivity index (χ3n) is 2.26. The summed E-state index contributed by atoms with van der Waals surface area (Å²) in [7, 11) is 0. The van der Waals surface area contributed by atoms with Crippen LogP contribution in [0.5, 0.6) is 0 Å². The van der Waals surface area contributed by atoms with Gasteiger partial charge in [-0.1, -0.05) is 30.1 Å². The zero-order valence-corrected chi connectivity index (χ0v) is 8.20. The van der Waals surface area contributed by atoms with Crippen molar-refractivity contribution in [2.45, 2.75) is 17.8 Å². The molecule has 1 heterocycles. The summed E-state index contributed by atoms with van der Waals surface area (Å²) >= 11 is 11.6. The SMILES string of the molecule is CCN1CC[C@@H](C(N)(Cl)Cl)C1. The Morgan fingerprint density at radius 1 is 1.64 bits per heavy atom. The second-order valence-electron chi connectivity index (χ2n) is 3.05. The average Bonchev–Trinajstić information content (AvgIpc) is 2.32. The third-order valence-corrected chi connectivity index (χ3v) is 2.88. The van der Waals surface area contributed by atoms with Gasteiger partial charge in [0.25, 0.3) is 0 Å². The Morgan fingerprint density at radius 2 is 2.27 bits per heavy atom. The molecule has 0 unspecified atom stereocenters. The van der Waals surface area contributed by atoms with E-state index >= 15 is 0 Å². The Hall–Kier alpha value is 0.500. The molecule has 1 fully saturated rings. The van der Waals surface area contributed by atoms with E-state index in [1.807, 2.05) is 0 Å². The van der Waals surface area contributed by atoms with Crippen molar-refractivity contribution in [3.8, 4) is 0 Å². The average molecular weight is 197 g/mol. The lowest BCUT2D eigenvalue weighted by Crippen LogP contribution is -2.37. The highest BCUT2D eigenvalue weighted by molar-refractivity contribution is 6.48. The summed E-state index contributed by atoms with van der Waals surface area (Å²) in [6.45, 7) is 5.18. The Bertz CT molecular complexity index is 133. The summed E-state index contributed by atoms with van der Waals surface area (Å²) in [5.74, 6) is 0.228. The van der Waals surface area contributed by atoms with E-state index in [0.717, 1.165) is 26.1 Å². The lowest BCUT2D eigenvalue weighted by atomic mass is 10.1. The van der Waals surface area contributed by atoms with E-state index in [0.29, 0.717) is 0 Å². The number of nitrogens with two attached hydrogens (primary N) is 1. The standard InChI is InChI=1S/C7H14Cl2N2/c1-2-11-4-3-6(5-11)7(8,9)10/h6H,2-5,10H2,1H3/t6-/m1/s1. The minimum atomic E-state index is -1.04. The van der Waals surface area contributed by atoms with Crippen LogP contribution in [0.4, 0.5) is 0 Å². The second kappa shape index (κ2) is 3.48. The maximum Gasteiger partial charge on any atom is 0.170 e. The van der Waals surface area contributed by atoms with Crippen LogP contribution in [-0.2, 0) is 0 Å². The van der Waals surface area contributed by atoms with Crippen molar-refractivity contribution < 1.29 is 0 Å². The van der Waals surface area contributed by atoms with Gasteiger partial charge >= 0.3 is 0 Å². The highest BCUT2D eigenvalue weighted by atomic mass is 35.5. The van der Waals surface area contributed by atoms with Crippen LogP contribution in [0.15, 0.2) is 0 Å². The Labute approximate surface area is 77.6 Å². The summed E-state index contributed by atoms with van der Waals surface area (Å²) in [6, 6.07) is 0. The molecule has 0 radical (unpaired) electrons. The monoisotopic (exact) mass is 196 g/mol. The van der Waals surface area contributed by atoms with Crippen molar-refractivity contribution in [2.75, 3.05) is 19.6 Å². The normalized spacial score (nSPS) is 27.8. The number of rotatable bonds is 2. The summed E-state index contributed by atoms with van der Waals surface area (Å²) < 4.78 is -1.04. The summed E-state index contributed by atoms with van der Waals surface area (Å²) in [5.41, 5.74) is 5.56. The smallest absolute Gasteiger partial charge is 0.170 e. The van der Waals surface area contributed by atoms with Gasteiger partial charge in [-0.15, -0.1) is 0 Å². The fourth-order valence-corrected chi connectivity index (χ4v) is 1.79. The molecule has 0 amide bonds. The number of alkyl halides is 2. The summed E-state index contributed by atoms with van der Waals surface area (Å²) in [4.78, 5) is 2.30. The highest BCUT2D eigenvalue weighted by Crippen LogP contribution is 2.31. The molecule has 1 saturated heterocycles. The van der Waals surface area contributed by atoms with Crippen LogP contribution in [0.1, 0.15) is 13.3 Å². The van der Waals surface area contributed by atoms with Crippen LogP contribution >= 0.6 is 23.2 Å². The van der Waals surface area contributed by atoms with E-state index < -0.39 is 4.46 Å². The first-order valence-electron chi connectivity index (χ1n) is 3.93.